The molecule has 4 unspecified atom stereocenters. The monoisotopic (exact) mass is 557 g/mol. The molecule has 0 spiro atoms. The number of carboxylic acids is 1. The summed E-state index contributed by atoms with van der Waals surface area (Å²) in [5.74, 6) is -2.51. The lowest BCUT2D eigenvalue weighted by molar-refractivity contribution is -0.143. The Kier molecular flexibility index (Phi) is 11.9. The fourth-order valence-corrected chi connectivity index (χ4v) is 5.17. The summed E-state index contributed by atoms with van der Waals surface area (Å²) in [7, 11) is 0. The van der Waals surface area contributed by atoms with E-state index in [0.29, 0.717) is 51.7 Å². The van der Waals surface area contributed by atoms with Crippen molar-refractivity contribution < 1.29 is 24.3 Å². The fraction of sp³-hybridized carbons (Fsp3) is 0.571. The van der Waals surface area contributed by atoms with E-state index < -0.39 is 42.0 Å². The number of unbranched alkanes of at least 4 members (excludes halogenated alkanes) is 2. The third-order valence-electron chi connectivity index (χ3n) is 7.42. The number of para-hydroxylation sites is 1. The van der Waals surface area contributed by atoms with Gasteiger partial charge in [0.25, 0.3) is 0 Å². The van der Waals surface area contributed by atoms with E-state index in [9.17, 15) is 24.3 Å². The maximum atomic E-state index is 13.3. The summed E-state index contributed by atoms with van der Waals surface area (Å²) in [6.07, 6.45) is 6.38. The summed E-state index contributed by atoms with van der Waals surface area (Å²) < 4.78 is 0. The molecule has 1 aromatic heterocycles. The summed E-state index contributed by atoms with van der Waals surface area (Å²) in [6.45, 7) is 1.36. The number of carboxylic acid groups (broad SMARTS) is 1. The van der Waals surface area contributed by atoms with E-state index in [4.69, 9.17) is 17.2 Å². The lowest BCUT2D eigenvalue weighted by Gasteiger charge is -2.28. The van der Waals surface area contributed by atoms with Crippen molar-refractivity contribution in [2.24, 2.45) is 17.2 Å². The first-order valence-electron chi connectivity index (χ1n) is 14.1. The zero-order chi connectivity index (χ0) is 29.1. The quantitative estimate of drug-likeness (QED) is 0.143. The van der Waals surface area contributed by atoms with Crippen LogP contribution < -0.4 is 27.8 Å². The lowest BCUT2D eigenvalue weighted by Crippen LogP contribution is -2.56. The molecule has 10 N–H and O–H groups in total. The Labute approximate surface area is 234 Å². The Morgan fingerprint density at radius 2 is 1.70 bits per heavy atom. The van der Waals surface area contributed by atoms with Crippen LogP contribution in [0.2, 0.25) is 0 Å². The van der Waals surface area contributed by atoms with Crippen LogP contribution >= 0.6 is 0 Å². The van der Waals surface area contributed by atoms with Crippen LogP contribution in [0.4, 0.5) is 0 Å². The highest BCUT2D eigenvalue weighted by molar-refractivity contribution is 5.94. The van der Waals surface area contributed by atoms with Gasteiger partial charge in [-0.1, -0.05) is 24.6 Å². The number of hydrogen-bond donors (Lipinski definition) is 7. The van der Waals surface area contributed by atoms with E-state index in [2.05, 4.69) is 15.6 Å². The van der Waals surface area contributed by atoms with Crippen molar-refractivity contribution in [3.8, 4) is 0 Å². The smallest absolute Gasteiger partial charge is 0.326 e. The van der Waals surface area contributed by atoms with Gasteiger partial charge < -0.3 is 42.8 Å². The molecule has 3 amide bonds. The largest absolute Gasteiger partial charge is 0.480 e. The number of benzene rings is 1. The molecular formula is C28H43N7O5. The standard InChI is InChI=1S/C28H43N7O5/c29-13-5-3-9-20(31)27(38)35-15-7-12-24(35)26(37)33-22(11-4-6-14-30)25(36)34-23(28(39)40)16-18-17-32-21-10-2-1-8-19(18)21/h1-2,8,10,17,20,22-24,32H,3-7,9,11-16,29-31H2,(H,33,37)(H,34,36)(H,39,40). The van der Waals surface area contributed by atoms with Crippen molar-refractivity contribution >= 4 is 34.6 Å². The number of nitrogens with two attached hydrogens (primary N) is 3. The zero-order valence-corrected chi connectivity index (χ0v) is 22.9. The zero-order valence-electron chi connectivity index (χ0n) is 22.9. The first kappa shape index (κ1) is 31.1. The summed E-state index contributed by atoms with van der Waals surface area (Å²) >= 11 is 0. The second kappa shape index (κ2) is 15.3. The molecule has 1 aliphatic rings. The Morgan fingerprint density at radius 1 is 1.00 bits per heavy atom. The molecule has 12 heteroatoms. The molecule has 40 heavy (non-hydrogen) atoms. The highest BCUT2D eigenvalue weighted by Gasteiger charge is 2.37. The van der Waals surface area contributed by atoms with Gasteiger partial charge in [-0.25, -0.2) is 4.79 Å². The molecule has 1 aromatic carbocycles. The molecule has 12 nitrogen and oxygen atoms in total. The number of carbonyl (C=O) groups excluding carboxylic acids is 3. The number of amides is 3. The van der Waals surface area contributed by atoms with E-state index in [1.54, 1.807) is 6.20 Å². The van der Waals surface area contributed by atoms with Gasteiger partial charge in [0.15, 0.2) is 0 Å². The van der Waals surface area contributed by atoms with Gasteiger partial charge in [0.2, 0.25) is 17.7 Å². The van der Waals surface area contributed by atoms with Crippen LogP contribution in [0.5, 0.6) is 0 Å². The number of carbonyl (C=O) groups is 4. The van der Waals surface area contributed by atoms with Crippen molar-refractivity contribution in [2.45, 2.75) is 82.0 Å². The van der Waals surface area contributed by atoms with Gasteiger partial charge in [0.05, 0.1) is 6.04 Å². The molecule has 0 bridgehead atoms. The van der Waals surface area contributed by atoms with E-state index in [1.807, 2.05) is 24.3 Å². The SMILES string of the molecule is NCCCCC(N)C(=O)N1CCCC1C(=O)NC(CCCCN)C(=O)NC(Cc1c[nH]c2ccccc12)C(=O)O. The van der Waals surface area contributed by atoms with Crippen molar-refractivity contribution in [1.82, 2.24) is 20.5 Å². The van der Waals surface area contributed by atoms with Crippen molar-refractivity contribution in [1.29, 1.82) is 0 Å². The first-order chi connectivity index (χ1) is 19.3. The van der Waals surface area contributed by atoms with Gasteiger partial charge in [-0.05, 0) is 69.7 Å². The molecule has 4 atom stereocenters. The molecule has 220 valence electrons. The normalized spacial score (nSPS) is 17.4. The maximum Gasteiger partial charge on any atom is 0.326 e. The topological polar surface area (TPSA) is 210 Å². The number of H-pyrrole nitrogens is 1. The highest BCUT2D eigenvalue weighted by atomic mass is 16.4. The number of aromatic amines is 1. The van der Waals surface area contributed by atoms with Crippen molar-refractivity contribution in [2.75, 3.05) is 19.6 Å². The number of rotatable bonds is 16. The van der Waals surface area contributed by atoms with Crippen molar-refractivity contribution in [3.05, 3.63) is 36.0 Å². The molecule has 0 radical (unpaired) electrons. The second-order valence-corrected chi connectivity index (χ2v) is 10.4. The number of hydrogen-bond acceptors (Lipinski definition) is 7. The Hall–Kier alpha value is -3.48. The molecule has 2 heterocycles. The Balaban J connectivity index is 1.68. The lowest BCUT2D eigenvalue weighted by atomic mass is 10.0. The van der Waals surface area contributed by atoms with Gasteiger partial charge in [-0.15, -0.1) is 0 Å². The summed E-state index contributed by atoms with van der Waals surface area (Å²) in [4.78, 5) is 56.3. The van der Waals surface area contributed by atoms with E-state index >= 15 is 0 Å². The predicted molar refractivity (Wildman–Crippen MR) is 152 cm³/mol. The third-order valence-corrected chi connectivity index (χ3v) is 7.42. The number of fused-ring (bicyclic) bond motifs is 1. The molecule has 1 aliphatic heterocycles. The highest BCUT2D eigenvalue weighted by Crippen LogP contribution is 2.21. The van der Waals surface area contributed by atoms with Crippen LogP contribution in [0.3, 0.4) is 0 Å². The van der Waals surface area contributed by atoms with E-state index in [-0.39, 0.29) is 18.7 Å². The summed E-state index contributed by atoms with van der Waals surface area (Å²) in [5.41, 5.74) is 18.9. The van der Waals surface area contributed by atoms with Crippen molar-refractivity contribution in [3.63, 3.8) is 0 Å². The van der Waals surface area contributed by atoms with Gasteiger partial charge in [0.1, 0.15) is 18.1 Å². The summed E-state index contributed by atoms with van der Waals surface area (Å²) in [6, 6.07) is 3.89. The average molecular weight is 558 g/mol. The number of likely N-dealkylation sites (tertiary alicyclic amines) is 1. The second-order valence-electron chi connectivity index (χ2n) is 10.4. The number of nitrogens with one attached hydrogen (secondary N) is 3. The van der Waals surface area contributed by atoms with Crippen LogP contribution in [-0.4, -0.2) is 82.5 Å². The van der Waals surface area contributed by atoms with Crippen LogP contribution in [0.15, 0.2) is 30.5 Å². The molecule has 1 saturated heterocycles. The fourth-order valence-electron chi connectivity index (χ4n) is 5.17. The number of aromatic nitrogens is 1. The molecule has 0 saturated carbocycles. The van der Waals surface area contributed by atoms with Gasteiger partial charge in [-0.2, -0.15) is 0 Å². The minimum absolute atomic E-state index is 0.0709. The molecular weight excluding hydrogens is 514 g/mol. The minimum atomic E-state index is -1.20. The summed E-state index contributed by atoms with van der Waals surface area (Å²) in [5, 5.41) is 16.2. The maximum absolute atomic E-state index is 13.3. The number of aliphatic carboxylic acids is 1. The minimum Gasteiger partial charge on any atom is -0.480 e. The molecule has 2 aromatic rings. The van der Waals surface area contributed by atoms with Gasteiger partial charge in [-0.3, -0.25) is 14.4 Å². The number of nitrogens with zero attached hydrogens (tertiary/aromatic N) is 1. The molecule has 3 rings (SSSR count). The predicted octanol–water partition coefficient (Wildman–Crippen LogP) is 0.341. The van der Waals surface area contributed by atoms with Crippen LogP contribution in [0.25, 0.3) is 10.9 Å². The van der Waals surface area contributed by atoms with Crippen LogP contribution in [0.1, 0.15) is 56.9 Å². The first-order valence-corrected chi connectivity index (χ1v) is 14.1. The van der Waals surface area contributed by atoms with Crippen LogP contribution in [0, 0.1) is 0 Å². The third kappa shape index (κ3) is 8.26. The Bertz CT molecular complexity index is 1150. The average Bonchev–Trinajstić information content (AvgIpc) is 3.59. The van der Waals surface area contributed by atoms with Gasteiger partial charge in [0, 0.05) is 30.1 Å². The molecule has 1 fully saturated rings. The Morgan fingerprint density at radius 3 is 2.40 bits per heavy atom. The van der Waals surface area contributed by atoms with Gasteiger partial charge >= 0.3 is 5.97 Å². The van der Waals surface area contributed by atoms with Crippen LogP contribution in [-0.2, 0) is 25.6 Å². The molecule has 0 aliphatic carbocycles. The van der Waals surface area contributed by atoms with E-state index in [0.717, 1.165) is 29.3 Å². The van der Waals surface area contributed by atoms with E-state index in [1.165, 1.54) is 4.90 Å².